The van der Waals surface area contributed by atoms with E-state index >= 15 is 0 Å². The molecule has 1 saturated heterocycles. The number of anilines is 1. The Bertz CT molecular complexity index is 514. The van der Waals surface area contributed by atoms with Crippen molar-refractivity contribution in [2.24, 2.45) is 5.92 Å². The Kier molecular flexibility index (Phi) is 6.21. The fraction of sp³-hybridized carbons (Fsp3) is 0.562. The normalized spacial score (nSPS) is 15.3. The summed E-state index contributed by atoms with van der Waals surface area (Å²) in [5, 5.41) is 4.11. The maximum absolute atomic E-state index is 12.1. The highest BCUT2D eigenvalue weighted by molar-refractivity contribution is 6.42. The van der Waals surface area contributed by atoms with E-state index in [-0.39, 0.29) is 6.03 Å². The van der Waals surface area contributed by atoms with Crippen molar-refractivity contribution in [2.45, 2.75) is 20.3 Å². The highest BCUT2D eigenvalue weighted by Gasteiger charge is 2.21. The van der Waals surface area contributed by atoms with Gasteiger partial charge in [0.2, 0.25) is 0 Å². The summed E-state index contributed by atoms with van der Waals surface area (Å²) in [6, 6.07) is 5.69. The summed E-state index contributed by atoms with van der Waals surface area (Å²) in [6.45, 7) is 8.08. The molecule has 1 aliphatic heterocycles. The lowest BCUT2D eigenvalue weighted by molar-refractivity contribution is 0.194. The van der Waals surface area contributed by atoms with Crippen molar-refractivity contribution in [1.82, 2.24) is 10.2 Å². The predicted molar refractivity (Wildman–Crippen MR) is 93.1 cm³/mol. The van der Waals surface area contributed by atoms with Crippen molar-refractivity contribution in [3.05, 3.63) is 28.2 Å². The zero-order valence-corrected chi connectivity index (χ0v) is 14.6. The van der Waals surface area contributed by atoms with Crippen LogP contribution in [0.5, 0.6) is 0 Å². The van der Waals surface area contributed by atoms with Crippen molar-refractivity contribution >= 4 is 34.9 Å². The van der Waals surface area contributed by atoms with Crippen LogP contribution in [0.2, 0.25) is 10.0 Å². The van der Waals surface area contributed by atoms with Crippen LogP contribution in [-0.2, 0) is 0 Å². The molecule has 122 valence electrons. The third kappa shape index (κ3) is 4.68. The van der Waals surface area contributed by atoms with Crippen LogP contribution in [0.15, 0.2) is 18.2 Å². The summed E-state index contributed by atoms with van der Waals surface area (Å²) in [5.41, 5.74) is 1.05. The zero-order chi connectivity index (χ0) is 16.1. The molecule has 0 radical (unpaired) electrons. The second-order valence-electron chi connectivity index (χ2n) is 5.99. The Hall–Kier alpha value is -1.13. The van der Waals surface area contributed by atoms with Gasteiger partial charge in [-0.15, -0.1) is 0 Å². The second kappa shape index (κ2) is 7.93. The van der Waals surface area contributed by atoms with Crippen molar-refractivity contribution in [3.63, 3.8) is 0 Å². The van der Waals surface area contributed by atoms with Crippen molar-refractivity contribution in [3.8, 4) is 0 Å². The summed E-state index contributed by atoms with van der Waals surface area (Å²) < 4.78 is 0. The van der Waals surface area contributed by atoms with Crippen LogP contribution < -0.4 is 10.2 Å². The van der Waals surface area contributed by atoms with Gasteiger partial charge in [-0.1, -0.05) is 37.0 Å². The molecule has 1 fully saturated rings. The van der Waals surface area contributed by atoms with Crippen LogP contribution in [0, 0.1) is 5.92 Å². The van der Waals surface area contributed by atoms with E-state index in [9.17, 15) is 4.79 Å². The largest absolute Gasteiger partial charge is 0.368 e. The molecule has 2 rings (SSSR count). The van der Waals surface area contributed by atoms with Crippen LogP contribution in [0.1, 0.15) is 20.3 Å². The Morgan fingerprint density at radius 1 is 1.18 bits per heavy atom. The molecule has 1 aromatic rings. The van der Waals surface area contributed by atoms with E-state index < -0.39 is 0 Å². The van der Waals surface area contributed by atoms with E-state index in [1.165, 1.54) is 0 Å². The van der Waals surface area contributed by atoms with Gasteiger partial charge in [-0.25, -0.2) is 4.79 Å². The monoisotopic (exact) mass is 343 g/mol. The fourth-order valence-electron chi connectivity index (χ4n) is 2.43. The summed E-state index contributed by atoms with van der Waals surface area (Å²) in [6.07, 6.45) is 1.01. The molecule has 0 aliphatic carbocycles. The number of rotatable bonds is 4. The van der Waals surface area contributed by atoms with Gasteiger partial charge in [0.1, 0.15) is 0 Å². The van der Waals surface area contributed by atoms with Gasteiger partial charge in [-0.05, 0) is 30.5 Å². The van der Waals surface area contributed by atoms with Gasteiger partial charge in [0.05, 0.1) is 10.0 Å². The first kappa shape index (κ1) is 17.2. The molecule has 4 nitrogen and oxygen atoms in total. The first-order chi connectivity index (χ1) is 10.5. The molecular formula is C16H23Cl2N3O. The number of nitrogens with zero attached hydrogens (tertiary/aromatic N) is 2. The van der Waals surface area contributed by atoms with Crippen molar-refractivity contribution < 1.29 is 4.79 Å². The van der Waals surface area contributed by atoms with Gasteiger partial charge in [0.15, 0.2) is 0 Å². The molecule has 2 amide bonds. The fourth-order valence-corrected chi connectivity index (χ4v) is 2.72. The Morgan fingerprint density at radius 3 is 2.45 bits per heavy atom. The number of hydrogen-bond donors (Lipinski definition) is 1. The number of nitrogens with one attached hydrogen (secondary N) is 1. The van der Waals surface area contributed by atoms with Gasteiger partial charge in [-0.2, -0.15) is 0 Å². The molecule has 0 aromatic heterocycles. The van der Waals surface area contributed by atoms with Crippen LogP contribution in [0.25, 0.3) is 0 Å². The maximum Gasteiger partial charge on any atom is 0.317 e. The van der Waals surface area contributed by atoms with Gasteiger partial charge >= 0.3 is 6.03 Å². The quantitative estimate of drug-likeness (QED) is 0.900. The minimum absolute atomic E-state index is 0.0365. The van der Waals surface area contributed by atoms with E-state index in [0.717, 1.165) is 31.7 Å². The van der Waals surface area contributed by atoms with Crippen LogP contribution in [0.4, 0.5) is 10.5 Å². The average Bonchev–Trinajstić information content (AvgIpc) is 2.50. The summed E-state index contributed by atoms with van der Waals surface area (Å²) in [7, 11) is 0. The number of urea groups is 1. The van der Waals surface area contributed by atoms with E-state index in [1.807, 2.05) is 23.1 Å². The van der Waals surface area contributed by atoms with Gasteiger partial charge in [0, 0.05) is 38.4 Å². The molecule has 1 heterocycles. The number of carbonyl (C=O) groups is 1. The number of carbonyl (C=O) groups excluding carboxylic acids is 1. The number of halogens is 2. The van der Waals surface area contributed by atoms with Gasteiger partial charge < -0.3 is 15.1 Å². The van der Waals surface area contributed by atoms with Crippen LogP contribution in [-0.4, -0.2) is 43.7 Å². The molecule has 1 aliphatic rings. The number of amides is 2. The minimum atomic E-state index is 0.0365. The molecular weight excluding hydrogens is 321 g/mol. The molecule has 1 aromatic carbocycles. The molecule has 0 bridgehead atoms. The highest BCUT2D eigenvalue weighted by Crippen LogP contribution is 2.27. The Morgan fingerprint density at radius 2 is 1.86 bits per heavy atom. The first-order valence-corrected chi connectivity index (χ1v) is 8.45. The Balaban J connectivity index is 1.82. The SMILES string of the molecule is CC(C)CCNC(=O)N1CCN(c2ccc(Cl)c(Cl)c2)CC1. The smallest absolute Gasteiger partial charge is 0.317 e. The number of piperazine rings is 1. The van der Waals surface area contributed by atoms with Crippen LogP contribution in [0.3, 0.4) is 0 Å². The molecule has 0 spiro atoms. The van der Waals surface area contributed by atoms with E-state index in [1.54, 1.807) is 0 Å². The summed E-state index contributed by atoms with van der Waals surface area (Å²) in [5.74, 6) is 0.604. The van der Waals surface area contributed by atoms with Crippen molar-refractivity contribution in [1.29, 1.82) is 0 Å². The van der Waals surface area contributed by atoms with E-state index in [0.29, 0.717) is 29.1 Å². The van der Waals surface area contributed by atoms with E-state index in [4.69, 9.17) is 23.2 Å². The molecule has 6 heteroatoms. The highest BCUT2D eigenvalue weighted by atomic mass is 35.5. The van der Waals surface area contributed by atoms with Gasteiger partial charge in [0.25, 0.3) is 0 Å². The second-order valence-corrected chi connectivity index (χ2v) is 6.80. The maximum atomic E-state index is 12.1. The lowest BCUT2D eigenvalue weighted by Gasteiger charge is -2.36. The molecule has 0 unspecified atom stereocenters. The summed E-state index contributed by atoms with van der Waals surface area (Å²) in [4.78, 5) is 16.2. The standard InChI is InChI=1S/C16H23Cl2N3O/c1-12(2)5-6-19-16(22)21-9-7-20(8-10-21)13-3-4-14(17)15(18)11-13/h3-4,11-12H,5-10H2,1-2H3,(H,19,22). The summed E-state index contributed by atoms with van der Waals surface area (Å²) >= 11 is 12.0. The van der Waals surface area contributed by atoms with Crippen LogP contribution >= 0.6 is 23.2 Å². The lowest BCUT2D eigenvalue weighted by atomic mass is 10.1. The van der Waals surface area contributed by atoms with Crippen molar-refractivity contribution in [2.75, 3.05) is 37.6 Å². The third-order valence-corrected chi connectivity index (χ3v) is 4.57. The average molecular weight is 344 g/mol. The third-order valence-electron chi connectivity index (χ3n) is 3.83. The zero-order valence-electron chi connectivity index (χ0n) is 13.1. The molecule has 22 heavy (non-hydrogen) atoms. The predicted octanol–water partition coefficient (Wildman–Crippen LogP) is 3.87. The topological polar surface area (TPSA) is 35.6 Å². The van der Waals surface area contributed by atoms with E-state index in [2.05, 4.69) is 24.1 Å². The van der Waals surface area contributed by atoms with Gasteiger partial charge in [-0.3, -0.25) is 0 Å². The molecule has 0 atom stereocenters. The minimum Gasteiger partial charge on any atom is -0.368 e. The number of benzene rings is 1. The first-order valence-electron chi connectivity index (χ1n) is 7.70. The molecule has 1 N–H and O–H groups in total. The Labute approximate surface area is 142 Å². The lowest BCUT2D eigenvalue weighted by Crippen LogP contribution is -2.52. The molecule has 0 saturated carbocycles. The number of hydrogen-bond acceptors (Lipinski definition) is 2.